The van der Waals surface area contributed by atoms with Crippen LogP contribution < -0.4 is 5.32 Å². The van der Waals surface area contributed by atoms with Crippen LogP contribution in [0, 0.1) is 13.8 Å². The summed E-state index contributed by atoms with van der Waals surface area (Å²) >= 11 is 1.39. The number of carbonyl (C=O) groups excluding carboxylic acids is 1. The van der Waals surface area contributed by atoms with Crippen molar-refractivity contribution < 1.29 is 4.79 Å². The Morgan fingerprint density at radius 2 is 2.24 bits per heavy atom. The summed E-state index contributed by atoms with van der Waals surface area (Å²) in [6.07, 6.45) is 1.66. The number of anilines is 1. The second-order valence-corrected chi connectivity index (χ2v) is 5.60. The zero-order valence-corrected chi connectivity index (χ0v) is 12.9. The van der Waals surface area contributed by atoms with Crippen molar-refractivity contribution >= 4 is 33.4 Å². The fourth-order valence-corrected chi connectivity index (χ4v) is 2.85. The monoisotopic (exact) mass is 301 g/mol. The lowest BCUT2D eigenvalue weighted by Crippen LogP contribution is -2.13. The van der Waals surface area contributed by atoms with Crippen molar-refractivity contribution in [1.82, 2.24) is 19.7 Å². The first-order chi connectivity index (χ1) is 10.1. The Morgan fingerprint density at radius 1 is 1.43 bits per heavy atom. The van der Waals surface area contributed by atoms with Gasteiger partial charge in [-0.1, -0.05) is 0 Å². The lowest BCUT2D eigenvalue weighted by Gasteiger charge is -2.06. The van der Waals surface area contributed by atoms with E-state index in [9.17, 15) is 4.79 Å². The summed E-state index contributed by atoms with van der Waals surface area (Å²) in [5, 5.41) is 10.5. The van der Waals surface area contributed by atoms with Crippen LogP contribution in [0.25, 0.3) is 11.0 Å². The second kappa shape index (κ2) is 5.25. The van der Waals surface area contributed by atoms with E-state index >= 15 is 0 Å². The van der Waals surface area contributed by atoms with Crippen molar-refractivity contribution in [2.24, 2.45) is 0 Å². The van der Waals surface area contributed by atoms with Crippen molar-refractivity contribution in [2.75, 3.05) is 5.32 Å². The van der Waals surface area contributed by atoms with E-state index in [1.54, 1.807) is 12.3 Å². The largest absolute Gasteiger partial charge is 0.298 e. The zero-order valence-electron chi connectivity index (χ0n) is 12.0. The Bertz CT molecular complexity index is 806. The molecule has 1 amide bonds. The minimum absolute atomic E-state index is 0.181. The molecule has 3 aromatic rings. The maximum absolute atomic E-state index is 12.5. The summed E-state index contributed by atoms with van der Waals surface area (Å²) in [5.74, 6) is -0.181. The molecular formula is C14H15N5OS. The number of hydrogen-bond donors (Lipinski definition) is 1. The van der Waals surface area contributed by atoms with Gasteiger partial charge in [-0.3, -0.25) is 10.1 Å². The molecule has 1 N–H and O–H groups in total. The summed E-state index contributed by atoms with van der Waals surface area (Å²) in [6.45, 7) is 6.49. The molecule has 0 atom stereocenters. The summed E-state index contributed by atoms with van der Waals surface area (Å²) in [7, 11) is 0. The van der Waals surface area contributed by atoms with Crippen LogP contribution in [0.5, 0.6) is 0 Å². The minimum atomic E-state index is -0.181. The molecular weight excluding hydrogens is 286 g/mol. The Labute approximate surface area is 125 Å². The van der Waals surface area contributed by atoms with Crippen molar-refractivity contribution in [3.05, 3.63) is 34.6 Å². The van der Waals surface area contributed by atoms with Gasteiger partial charge in [-0.25, -0.2) is 14.6 Å². The molecule has 6 nitrogen and oxygen atoms in total. The first-order valence-electron chi connectivity index (χ1n) is 6.65. The standard InChI is InChI=1S/C14H15N5OS/c1-4-19-12-11(9(3)18-19)10(7-8(2)16-12)13(20)17-14-15-5-6-21-14/h5-7H,4H2,1-3H3,(H,15,17,20). The number of nitrogens with one attached hydrogen (secondary N) is 1. The van der Waals surface area contributed by atoms with Crippen LogP contribution in [0.2, 0.25) is 0 Å². The molecule has 0 unspecified atom stereocenters. The molecule has 0 aliphatic carbocycles. The third-order valence-corrected chi connectivity index (χ3v) is 3.89. The molecule has 3 heterocycles. The quantitative estimate of drug-likeness (QED) is 0.807. The highest BCUT2D eigenvalue weighted by Crippen LogP contribution is 2.23. The van der Waals surface area contributed by atoms with Crippen molar-refractivity contribution in [3.8, 4) is 0 Å². The number of rotatable bonds is 3. The van der Waals surface area contributed by atoms with E-state index < -0.39 is 0 Å². The molecule has 0 fully saturated rings. The molecule has 7 heteroatoms. The third kappa shape index (κ3) is 2.40. The number of fused-ring (bicyclic) bond motifs is 1. The van der Waals surface area contributed by atoms with Crippen LogP contribution in [0.1, 0.15) is 28.7 Å². The van der Waals surface area contributed by atoms with Gasteiger partial charge in [0.05, 0.1) is 16.6 Å². The number of pyridine rings is 1. The minimum Gasteiger partial charge on any atom is -0.298 e. The van der Waals surface area contributed by atoms with Crippen molar-refractivity contribution in [2.45, 2.75) is 27.3 Å². The zero-order chi connectivity index (χ0) is 15.0. The van der Waals surface area contributed by atoms with Gasteiger partial charge in [0.2, 0.25) is 0 Å². The van der Waals surface area contributed by atoms with Crippen LogP contribution in [-0.4, -0.2) is 25.7 Å². The highest BCUT2D eigenvalue weighted by Gasteiger charge is 2.18. The van der Waals surface area contributed by atoms with Gasteiger partial charge < -0.3 is 0 Å². The summed E-state index contributed by atoms with van der Waals surface area (Å²) < 4.78 is 1.82. The van der Waals surface area contributed by atoms with Crippen LogP contribution >= 0.6 is 11.3 Å². The van der Waals surface area contributed by atoms with Gasteiger partial charge in [-0.2, -0.15) is 5.10 Å². The van der Waals surface area contributed by atoms with Gasteiger partial charge >= 0.3 is 0 Å². The summed E-state index contributed by atoms with van der Waals surface area (Å²) in [4.78, 5) is 21.1. The number of aryl methyl sites for hydroxylation is 3. The topological polar surface area (TPSA) is 72.7 Å². The van der Waals surface area contributed by atoms with Crippen LogP contribution in [0.4, 0.5) is 5.13 Å². The van der Waals surface area contributed by atoms with Gasteiger partial charge in [0.15, 0.2) is 10.8 Å². The number of carbonyl (C=O) groups is 1. The average Bonchev–Trinajstić information content (AvgIpc) is 3.06. The predicted octanol–water partition coefficient (Wildman–Crippen LogP) is 2.78. The highest BCUT2D eigenvalue weighted by molar-refractivity contribution is 7.13. The smallest absolute Gasteiger partial charge is 0.258 e. The van der Waals surface area contributed by atoms with Crippen LogP contribution in [-0.2, 0) is 6.54 Å². The molecule has 0 saturated carbocycles. The van der Waals surface area contributed by atoms with Gasteiger partial charge in [0.1, 0.15) is 0 Å². The molecule has 0 spiro atoms. The first-order valence-corrected chi connectivity index (χ1v) is 7.53. The Morgan fingerprint density at radius 3 is 2.90 bits per heavy atom. The van der Waals surface area contributed by atoms with Gasteiger partial charge in [0, 0.05) is 23.8 Å². The van der Waals surface area contributed by atoms with Crippen LogP contribution in [0.15, 0.2) is 17.6 Å². The molecule has 108 valence electrons. The van der Waals surface area contributed by atoms with Gasteiger partial charge in [-0.15, -0.1) is 11.3 Å². The lowest BCUT2D eigenvalue weighted by atomic mass is 10.1. The van der Waals surface area contributed by atoms with E-state index in [-0.39, 0.29) is 5.91 Å². The molecule has 0 saturated heterocycles. The second-order valence-electron chi connectivity index (χ2n) is 4.70. The molecule has 0 aromatic carbocycles. The maximum atomic E-state index is 12.5. The molecule has 21 heavy (non-hydrogen) atoms. The van der Waals surface area contributed by atoms with E-state index in [0.29, 0.717) is 17.2 Å². The number of hydrogen-bond acceptors (Lipinski definition) is 5. The molecule has 0 aliphatic rings. The SMILES string of the molecule is CCn1nc(C)c2c(C(=O)Nc3nccs3)cc(C)nc21. The van der Waals surface area contributed by atoms with E-state index in [1.165, 1.54) is 11.3 Å². The number of nitrogens with zero attached hydrogens (tertiary/aromatic N) is 4. The van der Waals surface area contributed by atoms with E-state index in [0.717, 1.165) is 22.4 Å². The Hall–Kier alpha value is -2.28. The number of amides is 1. The number of aromatic nitrogens is 4. The van der Waals surface area contributed by atoms with Crippen LogP contribution in [0.3, 0.4) is 0 Å². The van der Waals surface area contributed by atoms with Crippen molar-refractivity contribution in [3.63, 3.8) is 0 Å². The molecule has 0 radical (unpaired) electrons. The third-order valence-electron chi connectivity index (χ3n) is 3.20. The van der Waals surface area contributed by atoms with E-state index in [4.69, 9.17) is 0 Å². The fraction of sp³-hybridized carbons (Fsp3) is 0.286. The molecule has 0 bridgehead atoms. The number of thiazole rings is 1. The predicted molar refractivity (Wildman–Crippen MR) is 82.7 cm³/mol. The summed E-state index contributed by atoms with van der Waals surface area (Å²) in [5.41, 5.74) is 2.94. The normalized spacial score (nSPS) is 11.0. The molecule has 3 rings (SSSR count). The van der Waals surface area contributed by atoms with Gasteiger partial charge in [-0.05, 0) is 26.8 Å². The molecule has 3 aromatic heterocycles. The van der Waals surface area contributed by atoms with Crippen molar-refractivity contribution in [1.29, 1.82) is 0 Å². The van der Waals surface area contributed by atoms with Gasteiger partial charge in [0.25, 0.3) is 5.91 Å². The fourth-order valence-electron chi connectivity index (χ4n) is 2.33. The first kappa shape index (κ1) is 13.7. The Kier molecular flexibility index (Phi) is 3.42. The highest BCUT2D eigenvalue weighted by atomic mass is 32.1. The average molecular weight is 301 g/mol. The molecule has 0 aliphatic heterocycles. The Balaban J connectivity index is 2.13. The lowest BCUT2D eigenvalue weighted by molar-refractivity contribution is 0.102. The maximum Gasteiger partial charge on any atom is 0.258 e. The summed E-state index contributed by atoms with van der Waals surface area (Å²) in [6, 6.07) is 1.79. The van der Waals surface area contributed by atoms with E-state index in [2.05, 4.69) is 20.4 Å². The van der Waals surface area contributed by atoms with E-state index in [1.807, 2.05) is 30.8 Å².